The number of benzene rings is 3. The van der Waals surface area contributed by atoms with Crippen LogP contribution in [0.25, 0.3) is 21.2 Å². The molecule has 0 atom stereocenters. The average molecular weight is 511 g/mol. The maximum atomic E-state index is 13.8. The van der Waals surface area contributed by atoms with Gasteiger partial charge in [-0.3, -0.25) is 4.79 Å². The molecule has 4 aromatic rings. The second-order valence-electron chi connectivity index (χ2n) is 7.24. The van der Waals surface area contributed by atoms with Crippen LogP contribution < -0.4 is 14.2 Å². The van der Waals surface area contributed by atoms with E-state index in [1.807, 2.05) is 66.9 Å². The van der Waals surface area contributed by atoms with E-state index in [1.165, 1.54) is 0 Å². The number of rotatable bonds is 8. The molecular formula is C26H23BrO4S. The molecule has 0 N–H and O–H groups in total. The summed E-state index contributed by atoms with van der Waals surface area (Å²) in [5.41, 5.74) is 3.90. The fourth-order valence-electron chi connectivity index (χ4n) is 3.81. The third-order valence-corrected chi connectivity index (χ3v) is 6.59. The van der Waals surface area contributed by atoms with Crippen molar-refractivity contribution in [3.05, 3.63) is 76.7 Å². The van der Waals surface area contributed by atoms with E-state index in [2.05, 4.69) is 15.9 Å². The topological polar surface area (TPSA) is 44.8 Å². The molecule has 0 aliphatic carbocycles. The van der Waals surface area contributed by atoms with Crippen LogP contribution >= 0.6 is 27.3 Å². The summed E-state index contributed by atoms with van der Waals surface area (Å²) in [6.07, 6.45) is 0. The Labute approximate surface area is 199 Å². The number of ether oxygens (including phenoxy) is 3. The quantitative estimate of drug-likeness (QED) is 0.191. The lowest BCUT2D eigenvalue weighted by Crippen LogP contribution is -2.07. The number of thiophene rings is 1. The van der Waals surface area contributed by atoms with Crippen molar-refractivity contribution in [2.45, 2.75) is 6.92 Å². The van der Waals surface area contributed by atoms with Crippen LogP contribution in [0.2, 0.25) is 0 Å². The van der Waals surface area contributed by atoms with E-state index in [0.717, 1.165) is 37.9 Å². The van der Waals surface area contributed by atoms with Crippen LogP contribution in [0.15, 0.2) is 60.0 Å². The van der Waals surface area contributed by atoms with Crippen LogP contribution in [0.4, 0.5) is 0 Å². The van der Waals surface area contributed by atoms with Gasteiger partial charge in [0.2, 0.25) is 0 Å². The Balaban J connectivity index is 1.91. The summed E-state index contributed by atoms with van der Waals surface area (Å²) >= 11 is 4.98. The number of carbonyl (C=O) groups is 1. The molecule has 1 heterocycles. The van der Waals surface area contributed by atoms with E-state index in [1.54, 1.807) is 25.6 Å². The number of aryl methyl sites for hydroxylation is 1. The summed E-state index contributed by atoms with van der Waals surface area (Å²) in [5, 5.41) is 3.64. The van der Waals surface area contributed by atoms with Gasteiger partial charge in [-0.25, -0.2) is 0 Å². The third-order valence-electron chi connectivity index (χ3n) is 5.30. The monoisotopic (exact) mass is 510 g/mol. The van der Waals surface area contributed by atoms with Gasteiger partial charge >= 0.3 is 0 Å². The number of carbonyl (C=O) groups excluding carboxylic acids is 1. The molecular weight excluding hydrogens is 488 g/mol. The van der Waals surface area contributed by atoms with Crippen molar-refractivity contribution in [2.24, 2.45) is 0 Å². The van der Waals surface area contributed by atoms with Gasteiger partial charge in [-0.2, -0.15) is 0 Å². The van der Waals surface area contributed by atoms with Gasteiger partial charge in [0.15, 0.2) is 17.3 Å². The van der Waals surface area contributed by atoms with E-state index in [9.17, 15) is 4.79 Å². The van der Waals surface area contributed by atoms with Gasteiger partial charge in [-0.15, -0.1) is 11.3 Å². The maximum absolute atomic E-state index is 13.8. The Hall–Kier alpha value is -2.83. The van der Waals surface area contributed by atoms with Crippen molar-refractivity contribution in [3.63, 3.8) is 0 Å². The summed E-state index contributed by atoms with van der Waals surface area (Å²) in [4.78, 5) is 13.8. The Bertz CT molecular complexity index is 1280. The molecule has 164 valence electrons. The van der Waals surface area contributed by atoms with E-state index in [-0.39, 0.29) is 5.78 Å². The molecule has 0 spiro atoms. The molecule has 0 amide bonds. The second kappa shape index (κ2) is 9.76. The zero-order valence-electron chi connectivity index (χ0n) is 18.1. The van der Waals surface area contributed by atoms with Crippen molar-refractivity contribution in [1.82, 2.24) is 0 Å². The number of fused-ring (bicyclic) bond motifs is 1. The van der Waals surface area contributed by atoms with Crippen molar-refractivity contribution in [1.29, 1.82) is 0 Å². The second-order valence-corrected chi connectivity index (χ2v) is 8.95. The molecule has 6 heteroatoms. The first-order valence-corrected chi connectivity index (χ1v) is 12.1. The van der Waals surface area contributed by atoms with Crippen molar-refractivity contribution < 1.29 is 19.0 Å². The number of hydrogen-bond donors (Lipinski definition) is 0. The smallest absolute Gasteiger partial charge is 0.195 e. The molecule has 0 saturated carbocycles. The molecule has 0 unspecified atom stereocenters. The fourth-order valence-corrected chi connectivity index (χ4v) is 4.92. The molecule has 0 saturated heterocycles. The highest BCUT2D eigenvalue weighted by atomic mass is 79.9. The normalized spacial score (nSPS) is 10.9. The highest BCUT2D eigenvalue weighted by molar-refractivity contribution is 9.09. The standard InChI is InChI=1S/C26H23BrO4S/c1-16-12-18(31-11-10-27)14-20(17-8-9-22(29-2)23(13-17)30-3)25(16)26(28)21-15-32-24-7-5-4-6-19(21)24/h4-9,12-15H,10-11H2,1-3H3. The lowest BCUT2D eigenvalue weighted by atomic mass is 9.90. The first kappa shape index (κ1) is 22.4. The van der Waals surface area contributed by atoms with Crippen LogP contribution in [-0.4, -0.2) is 31.9 Å². The largest absolute Gasteiger partial charge is 0.493 e. The van der Waals surface area contributed by atoms with Crippen LogP contribution in [0, 0.1) is 6.92 Å². The van der Waals surface area contributed by atoms with Gasteiger partial charge in [-0.05, 0) is 53.9 Å². The molecule has 0 aliphatic rings. The van der Waals surface area contributed by atoms with Crippen molar-refractivity contribution in [2.75, 3.05) is 26.2 Å². The Kier molecular flexibility index (Phi) is 6.82. The van der Waals surface area contributed by atoms with Gasteiger partial charge in [0.05, 0.1) is 20.8 Å². The lowest BCUT2D eigenvalue weighted by Gasteiger charge is -2.17. The highest BCUT2D eigenvalue weighted by Gasteiger charge is 2.22. The number of hydrogen-bond acceptors (Lipinski definition) is 5. The molecule has 1 aromatic heterocycles. The zero-order chi connectivity index (χ0) is 22.7. The predicted octanol–water partition coefficient (Wildman–Crippen LogP) is 6.90. The Morgan fingerprint density at radius 3 is 2.53 bits per heavy atom. The minimum absolute atomic E-state index is 0.00298. The van der Waals surface area contributed by atoms with Crippen LogP contribution in [0.1, 0.15) is 21.5 Å². The predicted molar refractivity (Wildman–Crippen MR) is 134 cm³/mol. The van der Waals surface area contributed by atoms with E-state index >= 15 is 0 Å². The number of halogens is 1. The van der Waals surface area contributed by atoms with Gasteiger partial charge in [-0.1, -0.05) is 40.2 Å². The molecule has 3 aromatic carbocycles. The van der Waals surface area contributed by atoms with Gasteiger partial charge in [0, 0.05) is 31.9 Å². The number of methoxy groups -OCH3 is 2. The third kappa shape index (κ3) is 4.25. The SMILES string of the molecule is COc1ccc(-c2cc(OCCBr)cc(C)c2C(=O)c2csc3ccccc23)cc1OC. The van der Waals surface area contributed by atoms with Gasteiger partial charge < -0.3 is 14.2 Å². The Morgan fingerprint density at radius 1 is 1.00 bits per heavy atom. The lowest BCUT2D eigenvalue weighted by molar-refractivity contribution is 0.104. The summed E-state index contributed by atoms with van der Waals surface area (Å²) in [6, 6.07) is 17.5. The summed E-state index contributed by atoms with van der Waals surface area (Å²) in [5.74, 6) is 1.96. The average Bonchev–Trinajstić information content (AvgIpc) is 3.25. The van der Waals surface area contributed by atoms with E-state index in [4.69, 9.17) is 14.2 Å². The van der Waals surface area contributed by atoms with E-state index in [0.29, 0.717) is 29.2 Å². The summed E-state index contributed by atoms with van der Waals surface area (Å²) in [7, 11) is 3.21. The van der Waals surface area contributed by atoms with Gasteiger partial charge in [0.25, 0.3) is 0 Å². The van der Waals surface area contributed by atoms with E-state index < -0.39 is 0 Å². The first-order valence-electron chi connectivity index (χ1n) is 10.1. The molecule has 0 bridgehead atoms. The molecule has 0 fully saturated rings. The molecule has 4 nitrogen and oxygen atoms in total. The minimum atomic E-state index is -0.00298. The van der Waals surface area contributed by atoms with Crippen LogP contribution in [0.3, 0.4) is 0 Å². The van der Waals surface area contributed by atoms with Crippen LogP contribution in [-0.2, 0) is 0 Å². The zero-order valence-corrected chi connectivity index (χ0v) is 20.5. The molecule has 32 heavy (non-hydrogen) atoms. The summed E-state index contributed by atoms with van der Waals surface area (Å²) < 4.78 is 17.9. The number of ketones is 1. The van der Waals surface area contributed by atoms with Gasteiger partial charge in [0.1, 0.15) is 5.75 Å². The molecule has 0 aliphatic heterocycles. The summed E-state index contributed by atoms with van der Waals surface area (Å²) in [6.45, 7) is 2.49. The molecule has 4 rings (SSSR count). The highest BCUT2D eigenvalue weighted by Crippen LogP contribution is 2.38. The van der Waals surface area contributed by atoms with Crippen molar-refractivity contribution >= 4 is 43.1 Å². The molecule has 0 radical (unpaired) electrons. The Morgan fingerprint density at radius 2 is 1.78 bits per heavy atom. The minimum Gasteiger partial charge on any atom is -0.493 e. The maximum Gasteiger partial charge on any atom is 0.195 e. The fraction of sp³-hybridized carbons (Fsp3) is 0.192. The van der Waals surface area contributed by atoms with Crippen LogP contribution in [0.5, 0.6) is 17.2 Å². The first-order chi connectivity index (χ1) is 15.6. The number of alkyl halides is 1. The van der Waals surface area contributed by atoms with Crippen molar-refractivity contribution in [3.8, 4) is 28.4 Å².